The van der Waals surface area contributed by atoms with Crippen LogP contribution in [0.4, 0.5) is 13.2 Å². The van der Waals surface area contributed by atoms with E-state index in [1.54, 1.807) is 6.92 Å². The fourth-order valence-electron chi connectivity index (χ4n) is 3.24. The molecule has 0 bridgehead atoms. The molecule has 1 aromatic heterocycles. The molecule has 1 amide bonds. The van der Waals surface area contributed by atoms with E-state index in [2.05, 4.69) is 15.5 Å². The molecule has 1 aliphatic rings. The Hall–Kier alpha value is -2.10. The summed E-state index contributed by atoms with van der Waals surface area (Å²) in [7, 11) is 0. The van der Waals surface area contributed by atoms with Crippen molar-refractivity contribution >= 4 is 17.7 Å². The van der Waals surface area contributed by atoms with E-state index in [1.807, 2.05) is 32.0 Å². The number of carbonyl (C=O) groups is 1. The third-order valence-corrected chi connectivity index (χ3v) is 5.79. The van der Waals surface area contributed by atoms with Gasteiger partial charge < -0.3 is 4.90 Å². The highest BCUT2D eigenvalue weighted by molar-refractivity contribution is 7.99. The summed E-state index contributed by atoms with van der Waals surface area (Å²) in [6.07, 6.45) is -2.70. The second kappa shape index (κ2) is 8.10. The van der Waals surface area contributed by atoms with E-state index in [9.17, 15) is 18.0 Å². The van der Waals surface area contributed by atoms with Gasteiger partial charge >= 0.3 is 6.18 Å². The van der Waals surface area contributed by atoms with Crippen LogP contribution < -0.4 is 0 Å². The van der Waals surface area contributed by atoms with Crippen molar-refractivity contribution in [2.45, 2.75) is 51.0 Å². The molecule has 1 fully saturated rings. The lowest BCUT2D eigenvalue weighted by molar-refractivity contribution is -0.164. The Kier molecular flexibility index (Phi) is 5.97. The largest absolute Gasteiger partial charge is 0.406 e. The van der Waals surface area contributed by atoms with Crippen molar-refractivity contribution in [3.8, 4) is 5.69 Å². The van der Waals surface area contributed by atoms with Gasteiger partial charge in [-0.2, -0.15) is 17.9 Å². The first kappa shape index (κ1) is 20.6. The van der Waals surface area contributed by atoms with Gasteiger partial charge in [0.25, 0.3) is 0 Å². The molecule has 10 heteroatoms. The number of amides is 1. The Balaban J connectivity index is 1.74. The number of aromatic nitrogens is 4. The number of thioether (sulfide) groups is 1. The minimum atomic E-state index is -4.43. The maximum absolute atomic E-state index is 13.0. The molecule has 6 nitrogen and oxygen atoms in total. The Morgan fingerprint density at radius 1 is 1.32 bits per heavy atom. The van der Waals surface area contributed by atoms with Crippen LogP contribution in [-0.4, -0.2) is 55.5 Å². The predicted octanol–water partition coefficient (Wildman–Crippen LogP) is 3.56. The van der Waals surface area contributed by atoms with Gasteiger partial charge in [-0.15, -0.1) is 5.10 Å². The maximum atomic E-state index is 13.0. The summed E-state index contributed by atoms with van der Waals surface area (Å²) in [6, 6.07) is 5.34. The quantitative estimate of drug-likeness (QED) is 0.650. The van der Waals surface area contributed by atoms with Crippen LogP contribution in [0.25, 0.3) is 5.69 Å². The Morgan fingerprint density at radius 2 is 1.96 bits per heavy atom. The zero-order valence-corrected chi connectivity index (χ0v) is 16.7. The Labute approximate surface area is 165 Å². The van der Waals surface area contributed by atoms with Crippen LogP contribution in [0.3, 0.4) is 0 Å². The monoisotopic (exact) mass is 413 g/mol. The fourth-order valence-corrected chi connectivity index (χ4v) is 4.01. The third-order valence-electron chi connectivity index (χ3n) is 4.88. The molecule has 0 saturated heterocycles. The highest BCUT2D eigenvalue weighted by atomic mass is 32.2. The van der Waals surface area contributed by atoms with Gasteiger partial charge in [0.1, 0.15) is 6.54 Å². The van der Waals surface area contributed by atoms with Gasteiger partial charge in [-0.25, -0.2) is 0 Å². The van der Waals surface area contributed by atoms with Crippen molar-refractivity contribution in [3.63, 3.8) is 0 Å². The lowest BCUT2D eigenvalue weighted by Crippen LogP contribution is -2.46. The van der Waals surface area contributed by atoms with Crippen LogP contribution in [0.2, 0.25) is 0 Å². The third kappa shape index (κ3) is 4.84. The molecule has 0 aliphatic heterocycles. The van der Waals surface area contributed by atoms with Crippen LogP contribution in [0.5, 0.6) is 0 Å². The van der Waals surface area contributed by atoms with E-state index >= 15 is 0 Å². The minimum absolute atomic E-state index is 0.149. The number of hydrogen-bond donors (Lipinski definition) is 0. The molecule has 1 unspecified atom stereocenters. The van der Waals surface area contributed by atoms with Crippen LogP contribution in [0, 0.1) is 19.8 Å². The molecule has 0 N–H and O–H groups in total. The summed E-state index contributed by atoms with van der Waals surface area (Å²) in [6.45, 7) is 4.30. The smallest absolute Gasteiger partial charge is 0.330 e. The number of halogens is 3. The van der Waals surface area contributed by atoms with E-state index < -0.39 is 24.7 Å². The Bertz CT molecular complexity index is 830. The van der Waals surface area contributed by atoms with Gasteiger partial charge in [0.05, 0.1) is 11.4 Å². The summed E-state index contributed by atoms with van der Waals surface area (Å²) in [5.41, 5.74) is 2.73. The van der Waals surface area contributed by atoms with Crippen molar-refractivity contribution in [3.05, 3.63) is 29.3 Å². The molecule has 0 spiro atoms. The van der Waals surface area contributed by atoms with E-state index in [0.717, 1.165) is 46.3 Å². The average Bonchev–Trinajstić information content (AvgIpc) is 3.36. The second-order valence-electron chi connectivity index (χ2n) is 7.12. The van der Waals surface area contributed by atoms with Crippen molar-refractivity contribution in [2.24, 2.45) is 5.92 Å². The topological polar surface area (TPSA) is 63.9 Å². The lowest BCUT2D eigenvalue weighted by atomic mass is 10.1. The fraction of sp³-hybridized carbons (Fsp3) is 0.556. The molecule has 152 valence electrons. The second-order valence-corrected chi connectivity index (χ2v) is 8.06. The number of aryl methyl sites for hydroxylation is 2. The molecule has 1 atom stereocenters. The number of benzene rings is 1. The van der Waals surface area contributed by atoms with Crippen LogP contribution in [-0.2, 0) is 4.79 Å². The Morgan fingerprint density at radius 3 is 2.54 bits per heavy atom. The van der Waals surface area contributed by atoms with Gasteiger partial charge in [-0.1, -0.05) is 30.0 Å². The number of hydrogen-bond acceptors (Lipinski definition) is 5. The normalized spacial score (nSPS) is 15.5. The van der Waals surface area contributed by atoms with Crippen molar-refractivity contribution in [1.29, 1.82) is 0 Å². The number of alkyl halides is 3. The zero-order valence-electron chi connectivity index (χ0n) is 15.9. The summed E-state index contributed by atoms with van der Waals surface area (Å²) in [4.78, 5) is 13.5. The van der Waals surface area contributed by atoms with E-state index in [4.69, 9.17) is 0 Å². The molecule has 3 rings (SSSR count). The number of para-hydroxylation sites is 1. The maximum Gasteiger partial charge on any atom is 0.406 e. The van der Waals surface area contributed by atoms with E-state index in [0.29, 0.717) is 5.16 Å². The average molecular weight is 413 g/mol. The molecule has 1 heterocycles. The first-order chi connectivity index (χ1) is 13.2. The molecule has 1 aliphatic carbocycles. The molecular weight excluding hydrogens is 391 g/mol. The SMILES string of the molecule is Cc1cccc(C)c1-n1nnnc1SCC(=O)N(CC(F)(F)F)C(C)C1CC1. The van der Waals surface area contributed by atoms with E-state index in [-0.39, 0.29) is 11.7 Å². The van der Waals surface area contributed by atoms with E-state index in [1.165, 1.54) is 4.68 Å². The van der Waals surface area contributed by atoms with Crippen LogP contribution in [0.15, 0.2) is 23.4 Å². The summed E-state index contributed by atoms with van der Waals surface area (Å²) in [5, 5.41) is 12.0. The molecule has 0 radical (unpaired) electrons. The summed E-state index contributed by atoms with van der Waals surface area (Å²) >= 11 is 1.05. The highest BCUT2D eigenvalue weighted by Gasteiger charge is 2.40. The predicted molar refractivity (Wildman–Crippen MR) is 99.3 cm³/mol. The van der Waals surface area contributed by atoms with Crippen LogP contribution in [0.1, 0.15) is 30.9 Å². The van der Waals surface area contributed by atoms with Crippen LogP contribution >= 0.6 is 11.8 Å². The number of nitrogens with zero attached hydrogens (tertiary/aromatic N) is 5. The number of tetrazole rings is 1. The van der Waals surface area contributed by atoms with Crippen molar-refractivity contribution in [1.82, 2.24) is 25.1 Å². The minimum Gasteiger partial charge on any atom is -0.330 e. The molecule has 1 saturated carbocycles. The van der Waals surface area contributed by atoms with Gasteiger partial charge in [0.2, 0.25) is 11.1 Å². The van der Waals surface area contributed by atoms with Gasteiger partial charge in [-0.3, -0.25) is 4.79 Å². The number of rotatable bonds is 7. The van der Waals surface area contributed by atoms with Gasteiger partial charge in [-0.05, 0) is 61.1 Å². The van der Waals surface area contributed by atoms with Crippen molar-refractivity contribution < 1.29 is 18.0 Å². The van der Waals surface area contributed by atoms with Gasteiger partial charge in [0.15, 0.2) is 0 Å². The zero-order chi connectivity index (χ0) is 20.5. The first-order valence-corrected chi connectivity index (χ1v) is 10.00. The first-order valence-electron chi connectivity index (χ1n) is 9.01. The molecular formula is C18H22F3N5OS. The molecule has 2 aromatic rings. The molecule has 1 aromatic carbocycles. The summed E-state index contributed by atoms with van der Waals surface area (Å²) in [5.74, 6) is -0.563. The van der Waals surface area contributed by atoms with Crippen molar-refractivity contribution in [2.75, 3.05) is 12.3 Å². The number of carbonyl (C=O) groups excluding carboxylic acids is 1. The molecule has 28 heavy (non-hydrogen) atoms. The standard InChI is InChI=1S/C18H22F3N5OS/c1-11-5-4-6-12(2)16(11)26-17(22-23-24-26)28-9-15(27)25(10-18(19,20)21)13(3)14-7-8-14/h4-6,13-14H,7-10H2,1-3H3. The lowest BCUT2D eigenvalue weighted by Gasteiger charge is -2.30. The summed E-state index contributed by atoms with van der Waals surface area (Å²) < 4.78 is 40.4. The highest BCUT2D eigenvalue weighted by Crippen LogP contribution is 2.36. The van der Waals surface area contributed by atoms with Gasteiger partial charge in [0, 0.05) is 6.04 Å².